The monoisotopic (exact) mass is 221 g/mol. The highest BCUT2D eigenvalue weighted by Gasteiger charge is 2.25. The largest absolute Gasteiger partial charge is 0.476 e. The Morgan fingerprint density at radius 1 is 1.56 bits per heavy atom. The lowest BCUT2D eigenvalue weighted by molar-refractivity contribution is 0.226. The van der Waals surface area contributed by atoms with Crippen molar-refractivity contribution in [1.29, 1.82) is 0 Å². The average molecular weight is 221 g/mol. The summed E-state index contributed by atoms with van der Waals surface area (Å²) in [6.07, 6.45) is 4.31. The number of nitrogen functional groups attached to an aromatic ring is 1. The first kappa shape index (κ1) is 11.2. The predicted molar refractivity (Wildman–Crippen MR) is 64.5 cm³/mol. The Morgan fingerprint density at radius 2 is 2.31 bits per heavy atom. The van der Waals surface area contributed by atoms with E-state index in [9.17, 15) is 0 Å². The maximum Gasteiger partial charge on any atom is 0.213 e. The minimum atomic E-state index is 0.663. The van der Waals surface area contributed by atoms with Gasteiger partial charge >= 0.3 is 0 Å². The van der Waals surface area contributed by atoms with Gasteiger partial charge in [0, 0.05) is 18.7 Å². The van der Waals surface area contributed by atoms with Crippen LogP contribution in [-0.2, 0) is 0 Å². The van der Waals surface area contributed by atoms with Crippen molar-refractivity contribution in [3.05, 3.63) is 17.8 Å². The number of likely N-dealkylation sites (N-methyl/N-ethyl adjacent to an activating group) is 1. The van der Waals surface area contributed by atoms with E-state index in [-0.39, 0.29) is 0 Å². The predicted octanol–water partition coefficient (Wildman–Crippen LogP) is 1.45. The van der Waals surface area contributed by atoms with Crippen LogP contribution >= 0.6 is 0 Å². The first-order valence-electron chi connectivity index (χ1n) is 5.72. The Kier molecular flexibility index (Phi) is 3.29. The number of nitrogens with two attached hydrogens (primary N) is 1. The lowest BCUT2D eigenvalue weighted by Gasteiger charge is -2.15. The molecule has 1 aliphatic carbocycles. The van der Waals surface area contributed by atoms with Gasteiger partial charge in [-0.25, -0.2) is 4.98 Å². The second-order valence-corrected chi connectivity index (χ2v) is 4.44. The quantitative estimate of drug-likeness (QED) is 0.817. The standard InChI is InChI=1S/C12H19N3O/c1-9-7-12(14-8-11(9)13)16-6-5-15(2)10-3-4-10/h7-8,10H,3-6,13H2,1-2H3. The van der Waals surface area contributed by atoms with Crippen LogP contribution < -0.4 is 10.5 Å². The number of aromatic nitrogens is 1. The highest BCUT2D eigenvalue weighted by Crippen LogP contribution is 2.24. The summed E-state index contributed by atoms with van der Waals surface area (Å²) >= 11 is 0. The number of anilines is 1. The molecule has 1 heterocycles. The minimum absolute atomic E-state index is 0.663. The summed E-state index contributed by atoms with van der Waals surface area (Å²) in [4.78, 5) is 6.47. The van der Waals surface area contributed by atoms with E-state index in [0.29, 0.717) is 18.2 Å². The SMILES string of the molecule is Cc1cc(OCCN(C)C2CC2)ncc1N. The van der Waals surface area contributed by atoms with E-state index in [4.69, 9.17) is 10.5 Å². The maximum absolute atomic E-state index is 5.69. The zero-order chi connectivity index (χ0) is 11.5. The zero-order valence-corrected chi connectivity index (χ0v) is 9.94. The van der Waals surface area contributed by atoms with Crippen LogP contribution in [0.15, 0.2) is 12.3 Å². The van der Waals surface area contributed by atoms with Crippen LogP contribution in [0.5, 0.6) is 5.88 Å². The molecule has 0 radical (unpaired) electrons. The average Bonchev–Trinajstić information content (AvgIpc) is 3.07. The molecule has 0 unspecified atom stereocenters. The van der Waals surface area contributed by atoms with Crippen molar-refractivity contribution in [3.63, 3.8) is 0 Å². The number of nitrogens with zero attached hydrogens (tertiary/aromatic N) is 2. The summed E-state index contributed by atoms with van der Waals surface area (Å²) in [5.41, 5.74) is 7.41. The van der Waals surface area contributed by atoms with Crippen molar-refractivity contribution < 1.29 is 4.74 Å². The molecule has 0 atom stereocenters. The molecule has 4 heteroatoms. The highest BCUT2D eigenvalue weighted by atomic mass is 16.5. The highest BCUT2D eigenvalue weighted by molar-refractivity contribution is 5.45. The number of pyridine rings is 1. The molecular formula is C12H19N3O. The topological polar surface area (TPSA) is 51.4 Å². The lowest BCUT2D eigenvalue weighted by Crippen LogP contribution is -2.26. The first-order valence-corrected chi connectivity index (χ1v) is 5.72. The Hall–Kier alpha value is -1.29. The lowest BCUT2D eigenvalue weighted by atomic mass is 10.2. The van der Waals surface area contributed by atoms with Crippen LogP contribution in [0.4, 0.5) is 5.69 Å². The fourth-order valence-electron chi connectivity index (χ4n) is 1.61. The van der Waals surface area contributed by atoms with Gasteiger partial charge < -0.3 is 15.4 Å². The fraction of sp³-hybridized carbons (Fsp3) is 0.583. The van der Waals surface area contributed by atoms with Crippen LogP contribution in [0.2, 0.25) is 0 Å². The number of rotatable bonds is 5. The molecule has 0 aliphatic heterocycles. The molecule has 1 fully saturated rings. The van der Waals surface area contributed by atoms with Gasteiger partial charge in [0.05, 0.1) is 11.9 Å². The van der Waals surface area contributed by atoms with Crippen LogP contribution in [0.3, 0.4) is 0 Å². The van der Waals surface area contributed by atoms with Gasteiger partial charge in [-0.15, -0.1) is 0 Å². The van der Waals surface area contributed by atoms with Crippen molar-refractivity contribution in [2.45, 2.75) is 25.8 Å². The molecule has 0 spiro atoms. The van der Waals surface area contributed by atoms with Gasteiger partial charge in [0.15, 0.2) is 0 Å². The smallest absolute Gasteiger partial charge is 0.213 e. The molecule has 88 valence electrons. The number of aryl methyl sites for hydroxylation is 1. The van der Waals surface area contributed by atoms with E-state index < -0.39 is 0 Å². The normalized spacial score (nSPS) is 15.4. The minimum Gasteiger partial charge on any atom is -0.476 e. The van der Waals surface area contributed by atoms with E-state index in [1.54, 1.807) is 6.20 Å². The molecule has 16 heavy (non-hydrogen) atoms. The van der Waals surface area contributed by atoms with Crippen LogP contribution in [0.25, 0.3) is 0 Å². The number of hydrogen-bond donors (Lipinski definition) is 1. The molecule has 2 N–H and O–H groups in total. The molecule has 4 nitrogen and oxygen atoms in total. The molecule has 0 amide bonds. The van der Waals surface area contributed by atoms with Crippen LogP contribution in [0.1, 0.15) is 18.4 Å². The third-order valence-corrected chi connectivity index (χ3v) is 2.99. The van der Waals surface area contributed by atoms with Gasteiger partial charge in [-0.05, 0) is 32.4 Å². The van der Waals surface area contributed by atoms with Gasteiger partial charge in [0.1, 0.15) is 6.61 Å². The molecule has 2 rings (SSSR count). The number of hydrogen-bond acceptors (Lipinski definition) is 4. The molecule has 0 saturated heterocycles. The first-order chi connectivity index (χ1) is 7.66. The summed E-state index contributed by atoms with van der Waals surface area (Å²) in [7, 11) is 2.14. The van der Waals surface area contributed by atoms with Gasteiger partial charge in [-0.3, -0.25) is 0 Å². The zero-order valence-electron chi connectivity index (χ0n) is 9.94. The Labute approximate surface area is 96.4 Å². The fourth-order valence-corrected chi connectivity index (χ4v) is 1.61. The van der Waals surface area contributed by atoms with E-state index >= 15 is 0 Å². The summed E-state index contributed by atoms with van der Waals surface area (Å²) in [5, 5.41) is 0. The summed E-state index contributed by atoms with van der Waals surface area (Å²) in [6, 6.07) is 2.66. The maximum atomic E-state index is 5.69. The van der Waals surface area contributed by atoms with Crippen LogP contribution in [0, 0.1) is 6.92 Å². The second-order valence-electron chi connectivity index (χ2n) is 4.44. The van der Waals surface area contributed by atoms with Crippen molar-refractivity contribution in [1.82, 2.24) is 9.88 Å². The molecule has 1 aliphatic rings. The van der Waals surface area contributed by atoms with Crippen LogP contribution in [-0.4, -0.2) is 36.1 Å². The molecule has 1 saturated carbocycles. The summed E-state index contributed by atoms with van der Waals surface area (Å²) in [5.74, 6) is 0.663. The third-order valence-electron chi connectivity index (χ3n) is 2.99. The Balaban J connectivity index is 1.78. The van der Waals surface area contributed by atoms with Crippen molar-refractivity contribution >= 4 is 5.69 Å². The molecule has 0 aromatic carbocycles. The summed E-state index contributed by atoms with van der Waals surface area (Å²) < 4.78 is 5.58. The third kappa shape index (κ3) is 2.85. The Morgan fingerprint density at radius 3 is 2.94 bits per heavy atom. The van der Waals surface area contributed by atoms with Crippen molar-refractivity contribution in [2.24, 2.45) is 0 Å². The van der Waals surface area contributed by atoms with E-state index in [0.717, 1.165) is 18.2 Å². The molecular weight excluding hydrogens is 202 g/mol. The van der Waals surface area contributed by atoms with E-state index in [1.807, 2.05) is 13.0 Å². The molecule has 1 aromatic rings. The van der Waals surface area contributed by atoms with Gasteiger partial charge in [0.2, 0.25) is 5.88 Å². The van der Waals surface area contributed by atoms with Gasteiger partial charge in [-0.1, -0.05) is 0 Å². The van der Waals surface area contributed by atoms with Gasteiger partial charge in [-0.2, -0.15) is 0 Å². The van der Waals surface area contributed by atoms with E-state index in [2.05, 4.69) is 16.9 Å². The molecule has 1 aromatic heterocycles. The van der Waals surface area contributed by atoms with Gasteiger partial charge in [0.25, 0.3) is 0 Å². The second kappa shape index (κ2) is 4.70. The van der Waals surface area contributed by atoms with Crippen molar-refractivity contribution in [2.75, 3.05) is 25.9 Å². The Bertz CT molecular complexity index is 363. The molecule has 0 bridgehead atoms. The van der Waals surface area contributed by atoms with E-state index in [1.165, 1.54) is 12.8 Å². The number of ether oxygens (including phenoxy) is 1. The van der Waals surface area contributed by atoms with Crippen molar-refractivity contribution in [3.8, 4) is 5.88 Å². The summed E-state index contributed by atoms with van der Waals surface area (Å²) in [6.45, 7) is 3.60.